The number of aryl methyl sites for hydroxylation is 1. The number of aromatic nitrogens is 1. The Morgan fingerprint density at radius 3 is 2.94 bits per heavy atom. The molecule has 1 saturated carbocycles. The lowest BCUT2D eigenvalue weighted by Crippen LogP contribution is -2.16. The number of anilines is 1. The highest BCUT2D eigenvalue weighted by atomic mass is 16.1. The summed E-state index contributed by atoms with van der Waals surface area (Å²) in [5.74, 6) is 1.39. The molecular formula is C13H18N2O. The third-order valence-electron chi connectivity index (χ3n) is 3.22. The smallest absolute Gasteiger partial charge is 0.225 e. The van der Waals surface area contributed by atoms with Gasteiger partial charge < -0.3 is 5.32 Å². The Hall–Kier alpha value is -1.38. The van der Waals surface area contributed by atoms with Crippen molar-refractivity contribution >= 4 is 11.7 Å². The minimum Gasteiger partial charge on any atom is -0.310 e. The van der Waals surface area contributed by atoms with Crippen LogP contribution in [0, 0.1) is 12.8 Å². The molecule has 3 heteroatoms. The minimum absolute atomic E-state index is 0.105. The van der Waals surface area contributed by atoms with Gasteiger partial charge in [0.2, 0.25) is 5.91 Å². The normalized spacial score (nSPS) is 16.3. The molecule has 16 heavy (non-hydrogen) atoms. The van der Waals surface area contributed by atoms with Crippen molar-refractivity contribution in [3.8, 4) is 0 Å². The van der Waals surface area contributed by atoms with Crippen LogP contribution in [0.2, 0.25) is 0 Å². The Bertz CT molecular complexity index is 370. The quantitative estimate of drug-likeness (QED) is 0.847. The maximum Gasteiger partial charge on any atom is 0.225 e. The van der Waals surface area contributed by atoms with Gasteiger partial charge in [0, 0.05) is 12.6 Å². The molecule has 0 aliphatic heterocycles. The molecule has 1 amide bonds. The number of amides is 1. The Kier molecular flexibility index (Phi) is 3.54. The fourth-order valence-corrected chi connectivity index (χ4v) is 2.28. The molecule has 86 valence electrons. The molecule has 0 spiro atoms. The highest BCUT2D eigenvalue weighted by molar-refractivity contribution is 5.90. The van der Waals surface area contributed by atoms with E-state index in [0.717, 1.165) is 5.56 Å². The largest absolute Gasteiger partial charge is 0.310 e. The van der Waals surface area contributed by atoms with Crippen LogP contribution in [-0.2, 0) is 4.79 Å². The lowest BCUT2D eigenvalue weighted by Gasteiger charge is -2.10. The van der Waals surface area contributed by atoms with E-state index in [1.807, 2.05) is 19.1 Å². The Morgan fingerprint density at radius 1 is 1.50 bits per heavy atom. The van der Waals surface area contributed by atoms with Crippen LogP contribution in [0.15, 0.2) is 18.3 Å². The molecule has 1 aliphatic carbocycles. The number of nitrogens with zero attached hydrogens (tertiary/aromatic N) is 1. The highest BCUT2D eigenvalue weighted by Gasteiger charge is 2.18. The second-order valence-electron chi connectivity index (χ2n) is 4.57. The zero-order valence-corrected chi connectivity index (χ0v) is 9.70. The van der Waals surface area contributed by atoms with Gasteiger partial charge in [0.05, 0.1) is 0 Å². The van der Waals surface area contributed by atoms with Gasteiger partial charge in [-0.15, -0.1) is 0 Å². The second kappa shape index (κ2) is 5.10. The van der Waals surface area contributed by atoms with Crippen molar-refractivity contribution in [3.05, 3.63) is 23.9 Å². The van der Waals surface area contributed by atoms with Gasteiger partial charge >= 0.3 is 0 Å². The topological polar surface area (TPSA) is 42.0 Å². The van der Waals surface area contributed by atoms with E-state index in [9.17, 15) is 4.79 Å². The summed E-state index contributed by atoms with van der Waals surface area (Å²) in [4.78, 5) is 15.9. The minimum atomic E-state index is 0.105. The average molecular weight is 218 g/mol. The monoisotopic (exact) mass is 218 g/mol. The Balaban J connectivity index is 1.89. The van der Waals surface area contributed by atoms with Gasteiger partial charge in [-0.2, -0.15) is 0 Å². The van der Waals surface area contributed by atoms with Gasteiger partial charge in [0.15, 0.2) is 0 Å². The number of rotatable bonds is 3. The van der Waals surface area contributed by atoms with Gasteiger partial charge in [-0.25, -0.2) is 4.98 Å². The first kappa shape index (κ1) is 11.1. The number of carbonyl (C=O) groups is 1. The molecule has 1 heterocycles. The molecular weight excluding hydrogens is 200 g/mol. The molecule has 0 bridgehead atoms. The van der Waals surface area contributed by atoms with Gasteiger partial charge in [-0.3, -0.25) is 4.79 Å². The maximum absolute atomic E-state index is 11.8. The van der Waals surface area contributed by atoms with E-state index in [0.29, 0.717) is 18.2 Å². The van der Waals surface area contributed by atoms with Crippen molar-refractivity contribution < 1.29 is 4.79 Å². The predicted octanol–water partition coefficient (Wildman–Crippen LogP) is 2.91. The molecule has 0 aromatic carbocycles. The summed E-state index contributed by atoms with van der Waals surface area (Å²) in [6.45, 7) is 1.96. The summed E-state index contributed by atoms with van der Waals surface area (Å²) in [5, 5.41) is 2.89. The van der Waals surface area contributed by atoms with Crippen molar-refractivity contribution in [2.75, 3.05) is 5.32 Å². The lowest BCUT2D eigenvalue weighted by molar-refractivity contribution is -0.117. The molecule has 0 unspecified atom stereocenters. The van der Waals surface area contributed by atoms with Crippen LogP contribution in [0.3, 0.4) is 0 Å². The Labute approximate surface area is 96.3 Å². The fraction of sp³-hybridized carbons (Fsp3) is 0.538. The van der Waals surface area contributed by atoms with E-state index in [2.05, 4.69) is 10.3 Å². The van der Waals surface area contributed by atoms with Crippen molar-refractivity contribution in [1.29, 1.82) is 0 Å². The van der Waals surface area contributed by atoms with E-state index >= 15 is 0 Å². The highest BCUT2D eigenvalue weighted by Crippen LogP contribution is 2.27. The maximum atomic E-state index is 11.8. The van der Waals surface area contributed by atoms with Crippen LogP contribution in [0.4, 0.5) is 5.82 Å². The summed E-state index contributed by atoms with van der Waals surface area (Å²) in [6, 6.07) is 3.83. The number of carbonyl (C=O) groups excluding carboxylic acids is 1. The zero-order chi connectivity index (χ0) is 11.4. The SMILES string of the molecule is Cc1cccnc1NC(=O)CC1CCCC1. The fourth-order valence-electron chi connectivity index (χ4n) is 2.28. The molecule has 3 nitrogen and oxygen atoms in total. The van der Waals surface area contributed by atoms with E-state index in [4.69, 9.17) is 0 Å². The molecule has 1 aromatic rings. The van der Waals surface area contributed by atoms with Crippen molar-refractivity contribution in [3.63, 3.8) is 0 Å². The van der Waals surface area contributed by atoms with E-state index in [1.165, 1.54) is 25.7 Å². The van der Waals surface area contributed by atoms with Crippen LogP contribution in [-0.4, -0.2) is 10.9 Å². The molecule has 0 radical (unpaired) electrons. The van der Waals surface area contributed by atoms with E-state index in [1.54, 1.807) is 6.20 Å². The first-order valence-corrected chi connectivity index (χ1v) is 5.97. The second-order valence-corrected chi connectivity index (χ2v) is 4.57. The number of hydrogen-bond donors (Lipinski definition) is 1. The molecule has 1 aromatic heterocycles. The number of nitrogens with one attached hydrogen (secondary N) is 1. The van der Waals surface area contributed by atoms with Gasteiger partial charge in [-0.1, -0.05) is 18.9 Å². The Morgan fingerprint density at radius 2 is 2.25 bits per heavy atom. The third kappa shape index (κ3) is 2.81. The van der Waals surface area contributed by atoms with Crippen molar-refractivity contribution in [2.45, 2.75) is 39.0 Å². The van der Waals surface area contributed by atoms with Crippen molar-refractivity contribution in [2.24, 2.45) is 5.92 Å². The first-order valence-electron chi connectivity index (χ1n) is 5.97. The lowest BCUT2D eigenvalue weighted by atomic mass is 10.0. The standard InChI is InChI=1S/C13H18N2O/c1-10-5-4-8-14-13(10)15-12(16)9-11-6-2-3-7-11/h4-5,8,11H,2-3,6-7,9H2,1H3,(H,14,15,16). The molecule has 0 saturated heterocycles. The van der Waals surface area contributed by atoms with Crippen LogP contribution in [0.25, 0.3) is 0 Å². The van der Waals surface area contributed by atoms with E-state index in [-0.39, 0.29) is 5.91 Å². The molecule has 2 rings (SSSR count). The summed E-state index contributed by atoms with van der Waals surface area (Å²) >= 11 is 0. The molecule has 0 atom stereocenters. The average Bonchev–Trinajstić information content (AvgIpc) is 2.74. The first-order chi connectivity index (χ1) is 7.75. The third-order valence-corrected chi connectivity index (χ3v) is 3.22. The van der Waals surface area contributed by atoms with Crippen LogP contribution in [0.1, 0.15) is 37.7 Å². The van der Waals surface area contributed by atoms with Gasteiger partial charge in [-0.05, 0) is 37.3 Å². The molecule has 1 fully saturated rings. The van der Waals surface area contributed by atoms with Crippen molar-refractivity contribution in [1.82, 2.24) is 4.98 Å². The van der Waals surface area contributed by atoms with Gasteiger partial charge in [0.25, 0.3) is 0 Å². The summed E-state index contributed by atoms with van der Waals surface area (Å²) in [7, 11) is 0. The van der Waals surface area contributed by atoms with E-state index < -0.39 is 0 Å². The predicted molar refractivity (Wildman–Crippen MR) is 64.2 cm³/mol. The van der Waals surface area contributed by atoms with Crippen LogP contribution in [0.5, 0.6) is 0 Å². The van der Waals surface area contributed by atoms with Gasteiger partial charge in [0.1, 0.15) is 5.82 Å². The number of hydrogen-bond acceptors (Lipinski definition) is 2. The molecule has 1 N–H and O–H groups in total. The zero-order valence-electron chi connectivity index (χ0n) is 9.70. The van der Waals surface area contributed by atoms with Crippen LogP contribution >= 0.6 is 0 Å². The summed E-state index contributed by atoms with van der Waals surface area (Å²) in [5.41, 5.74) is 1.02. The number of pyridine rings is 1. The summed E-state index contributed by atoms with van der Waals surface area (Å²) in [6.07, 6.45) is 7.32. The molecule has 1 aliphatic rings. The van der Waals surface area contributed by atoms with Crippen LogP contribution < -0.4 is 5.32 Å². The summed E-state index contributed by atoms with van der Waals surface area (Å²) < 4.78 is 0.